The molecule has 4 aliphatic rings. The molecule has 37 heavy (non-hydrogen) atoms. The zero-order chi connectivity index (χ0) is 26.2. The van der Waals surface area contributed by atoms with Crippen LogP contribution in [0, 0.1) is 0 Å². The van der Waals surface area contributed by atoms with E-state index in [9.17, 15) is 23.1 Å². The first-order chi connectivity index (χ1) is 17.6. The van der Waals surface area contributed by atoms with E-state index in [2.05, 4.69) is 0 Å². The third-order valence-electron chi connectivity index (χ3n) is 8.94. The first-order valence-electron chi connectivity index (χ1n) is 12.5. The Morgan fingerprint density at radius 1 is 1.32 bits per heavy atom. The van der Waals surface area contributed by atoms with Crippen LogP contribution < -0.4 is 9.47 Å². The van der Waals surface area contributed by atoms with Gasteiger partial charge in [-0.15, -0.1) is 0 Å². The zero-order valence-corrected chi connectivity index (χ0v) is 20.6. The van der Waals surface area contributed by atoms with Crippen molar-refractivity contribution in [3.05, 3.63) is 53.5 Å². The molecule has 7 nitrogen and oxygen atoms in total. The first-order valence-corrected chi connectivity index (χ1v) is 12.5. The van der Waals surface area contributed by atoms with Crippen LogP contribution in [0.25, 0.3) is 6.08 Å². The normalized spacial score (nSPS) is 32.2. The minimum Gasteiger partial charge on any atom is -0.493 e. The summed E-state index contributed by atoms with van der Waals surface area (Å²) in [6, 6.07) is 4.29. The van der Waals surface area contributed by atoms with Gasteiger partial charge in [-0.3, -0.25) is 9.69 Å². The maximum absolute atomic E-state index is 13.5. The predicted molar refractivity (Wildman–Crippen MR) is 127 cm³/mol. The van der Waals surface area contributed by atoms with Crippen LogP contribution in [0.15, 0.2) is 41.2 Å². The number of aliphatic hydroxyl groups is 1. The van der Waals surface area contributed by atoms with Crippen LogP contribution in [0.4, 0.5) is 13.2 Å². The Hall–Kier alpha value is -2.98. The number of hydrogen-bond donors (Lipinski definition) is 1. The maximum Gasteiger partial charge on any atom is 0.401 e. The fraction of sp³-hybridized carbons (Fsp3) is 0.519. The molecule has 198 valence electrons. The average molecular weight is 519 g/mol. The molecule has 5 unspecified atom stereocenters. The van der Waals surface area contributed by atoms with E-state index >= 15 is 0 Å². The van der Waals surface area contributed by atoms with Gasteiger partial charge in [0.2, 0.25) is 5.91 Å². The molecule has 1 aromatic heterocycles. The molecular formula is C27H29F3N2O5. The first kappa shape index (κ1) is 24.4. The van der Waals surface area contributed by atoms with Gasteiger partial charge in [-0.05, 0) is 49.5 Å². The highest BCUT2D eigenvalue weighted by Crippen LogP contribution is 2.66. The molecule has 5 atom stereocenters. The summed E-state index contributed by atoms with van der Waals surface area (Å²) in [6.45, 7) is -0.895. The highest BCUT2D eigenvalue weighted by molar-refractivity contribution is 5.92. The van der Waals surface area contributed by atoms with Gasteiger partial charge in [0.1, 0.15) is 6.10 Å². The number of carbonyl (C=O) groups excluding carboxylic acids is 1. The standard InChI is InChI=1S/C27H29F3N2O5/c1-31(21(33)6-3-16-8-12-36-14-16)18-7-9-26(34)20-13-17-4-5-19(35-2)23-22(17)25(26,24(18)37-23)10-11-32(20)15-27(28,29)30/h3-6,8,12,14,18,20,24,34H,7,9-11,13,15H2,1-2H3/b6-3+. The summed E-state index contributed by atoms with van der Waals surface area (Å²) in [5, 5.41) is 12.4. The minimum atomic E-state index is -4.37. The monoisotopic (exact) mass is 518 g/mol. The van der Waals surface area contributed by atoms with Crippen LogP contribution in [0.2, 0.25) is 0 Å². The van der Waals surface area contributed by atoms with Crippen LogP contribution in [0.5, 0.6) is 11.5 Å². The van der Waals surface area contributed by atoms with Gasteiger partial charge in [0.25, 0.3) is 0 Å². The van der Waals surface area contributed by atoms with E-state index in [1.165, 1.54) is 23.5 Å². The van der Waals surface area contributed by atoms with Gasteiger partial charge < -0.3 is 23.9 Å². The summed E-state index contributed by atoms with van der Waals surface area (Å²) in [6.07, 6.45) is 2.43. The summed E-state index contributed by atoms with van der Waals surface area (Å²) in [5.74, 6) is 0.822. The Balaban J connectivity index is 1.41. The second-order valence-corrected chi connectivity index (χ2v) is 10.6. The fourth-order valence-corrected chi connectivity index (χ4v) is 7.39. The van der Waals surface area contributed by atoms with Crippen molar-refractivity contribution < 1.29 is 37.0 Å². The summed E-state index contributed by atoms with van der Waals surface area (Å²) in [7, 11) is 3.25. The van der Waals surface area contributed by atoms with Gasteiger partial charge in [-0.2, -0.15) is 13.2 Å². The Bertz CT molecular complexity index is 1250. The van der Waals surface area contributed by atoms with Crippen LogP contribution in [0.3, 0.4) is 0 Å². The van der Waals surface area contributed by atoms with Gasteiger partial charge in [-0.1, -0.05) is 6.07 Å². The lowest BCUT2D eigenvalue weighted by Gasteiger charge is -2.64. The van der Waals surface area contributed by atoms with Crippen molar-refractivity contribution in [2.24, 2.45) is 0 Å². The van der Waals surface area contributed by atoms with E-state index in [1.807, 2.05) is 6.07 Å². The van der Waals surface area contributed by atoms with E-state index in [0.717, 1.165) is 16.7 Å². The molecule has 6 rings (SSSR count). The number of amides is 1. The number of piperidine rings is 1. The number of rotatable bonds is 5. The molecule has 2 bridgehead atoms. The SMILES string of the molecule is COc1ccc2c3c1OC1C(N(C)C(=O)/C=C/c4ccoc4)CCC4(O)C(C2)N(CC(F)(F)F)CCC314. The van der Waals surface area contributed by atoms with Crippen molar-refractivity contribution in [2.75, 3.05) is 27.2 Å². The molecule has 1 N–H and O–H groups in total. The number of carbonyl (C=O) groups is 1. The fourth-order valence-electron chi connectivity index (χ4n) is 7.39. The summed E-state index contributed by atoms with van der Waals surface area (Å²) in [5.41, 5.74) is 0.0855. The number of halogens is 3. The highest BCUT2D eigenvalue weighted by atomic mass is 19.4. The summed E-state index contributed by atoms with van der Waals surface area (Å²) >= 11 is 0. The van der Waals surface area contributed by atoms with E-state index in [4.69, 9.17) is 13.9 Å². The van der Waals surface area contributed by atoms with E-state index in [0.29, 0.717) is 24.3 Å². The topological polar surface area (TPSA) is 75.4 Å². The highest BCUT2D eigenvalue weighted by Gasteiger charge is 2.73. The minimum absolute atomic E-state index is 0.174. The Kier molecular flexibility index (Phi) is 5.44. The number of ether oxygens (including phenoxy) is 2. The van der Waals surface area contributed by atoms with Crippen molar-refractivity contribution in [2.45, 2.75) is 61.1 Å². The number of likely N-dealkylation sites (tertiary alicyclic amines) is 1. The Labute approximate surface area is 212 Å². The zero-order valence-electron chi connectivity index (χ0n) is 20.6. The van der Waals surface area contributed by atoms with Crippen molar-refractivity contribution in [1.29, 1.82) is 0 Å². The molecular weight excluding hydrogens is 489 g/mol. The molecule has 1 amide bonds. The van der Waals surface area contributed by atoms with E-state index in [1.54, 1.807) is 37.3 Å². The van der Waals surface area contributed by atoms with Crippen molar-refractivity contribution in [1.82, 2.24) is 9.80 Å². The average Bonchev–Trinajstić information content (AvgIpc) is 3.49. The number of hydrogen-bond acceptors (Lipinski definition) is 6. The summed E-state index contributed by atoms with van der Waals surface area (Å²) < 4.78 is 57.7. The molecule has 2 aromatic rings. The maximum atomic E-state index is 13.5. The number of likely N-dealkylation sites (N-methyl/N-ethyl adjacent to an activating group) is 1. The van der Waals surface area contributed by atoms with Gasteiger partial charge in [0.05, 0.1) is 43.2 Å². The molecule has 2 aliphatic heterocycles. The molecule has 1 spiro atoms. The smallest absolute Gasteiger partial charge is 0.401 e. The van der Waals surface area contributed by atoms with E-state index < -0.39 is 35.9 Å². The number of methoxy groups -OCH3 is 1. The lowest BCUT2D eigenvalue weighted by Crippen LogP contribution is -2.78. The molecule has 0 radical (unpaired) electrons. The quantitative estimate of drug-likeness (QED) is 0.611. The van der Waals surface area contributed by atoms with Crippen LogP contribution >= 0.6 is 0 Å². The lowest BCUT2D eigenvalue weighted by atomic mass is 9.48. The molecule has 1 saturated carbocycles. The Morgan fingerprint density at radius 2 is 2.14 bits per heavy atom. The van der Waals surface area contributed by atoms with Gasteiger partial charge in [0, 0.05) is 36.8 Å². The van der Waals surface area contributed by atoms with Crippen LogP contribution in [-0.2, 0) is 16.6 Å². The molecule has 1 aromatic carbocycles. The summed E-state index contributed by atoms with van der Waals surface area (Å²) in [4.78, 5) is 16.2. The van der Waals surface area contributed by atoms with Gasteiger partial charge in [-0.25, -0.2) is 0 Å². The van der Waals surface area contributed by atoms with Crippen LogP contribution in [-0.4, -0.2) is 78.0 Å². The van der Waals surface area contributed by atoms with Crippen molar-refractivity contribution >= 4 is 12.0 Å². The van der Waals surface area contributed by atoms with Crippen molar-refractivity contribution in [3.63, 3.8) is 0 Å². The molecule has 3 heterocycles. The number of alkyl halides is 3. The van der Waals surface area contributed by atoms with E-state index in [-0.39, 0.29) is 31.3 Å². The molecule has 2 aliphatic carbocycles. The molecule has 10 heteroatoms. The molecule has 2 fully saturated rings. The van der Waals surface area contributed by atoms with Gasteiger partial charge >= 0.3 is 6.18 Å². The predicted octanol–water partition coefficient (Wildman–Crippen LogP) is 3.55. The number of nitrogens with zero attached hydrogens (tertiary/aromatic N) is 2. The van der Waals surface area contributed by atoms with Gasteiger partial charge in [0.15, 0.2) is 11.5 Å². The third-order valence-corrected chi connectivity index (χ3v) is 8.94. The third kappa shape index (κ3) is 3.45. The number of benzene rings is 1. The number of furan rings is 1. The second kappa shape index (κ2) is 8.26. The lowest BCUT2D eigenvalue weighted by molar-refractivity contribution is -0.221. The largest absolute Gasteiger partial charge is 0.493 e. The Morgan fingerprint density at radius 3 is 2.84 bits per heavy atom. The van der Waals surface area contributed by atoms with Crippen molar-refractivity contribution in [3.8, 4) is 11.5 Å². The van der Waals surface area contributed by atoms with Crippen LogP contribution in [0.1, 0.15) is 36.0 Å². The second-order valence-electron chi connectivity index (χ2n) is 10.6. The molecule has 1 saturated heterocycles.